The van der Waals surface area contributed by atoms with E-state index in [0.717, 1.165) is 38.9 Å². The molecule has 3 aromatic carbocycles. The van der Waals surface area contributed by atoms with Crippen molar-refractivity contribution < 1.29 is 4.42 Å². The number of para-hydroxylation sites is 1. The van der Waals surface area contributed by atoms with Gasteiger partial charge in [0, 0.05) is 17.0 Å². The molecule has 0 saturated heterocycles. The summed E-state index contributed by atoms with van der Waals surface area (Å²) in [6.07, 6.45) is 0. The van der Waals surface area contributed by atoms with Gasteiger partial charge >= 0.3 is 0 Å². The number of nitrogens with zero attached hydrogens (tertiary/aromatic N) is 1. The van der Waals surface area contributed by atoms with Gasteiger partial charge in [0.2, 0.25) is 0 Å². The summed E-state index contributed by atoms with van der Waals surface area (Å²) in [7, 11) is 0. The van der Waals surface area contributed by atoms with Gasteiger partial charge in [0.25, 0.3) is 0 Å². The van der Waals surface area contributed by atoms with Gasteiger partial charge in [0.05, 0.1) is 11.0 Å². The second kappa shape index (κ2) is 7.83. The van der Waals surface area contributed by atoms with Crippen molar-refractivity contribution in [2.45, 2.75) is 40.0 Å². The van der Waals surface area contributed by atoms with Gasteiger partial charge < -0.3 is 4.42 Å². The molecule has 152 valence electrons. The molecular weight excluding hydrogens is 368 g/mol. The Bertz CT molecular complexity index is 1240. The van der Waals surface area contributed by atoms with Crippen molar-refractivity contribution in [1.82, 2.24) is 0 Å². The summed E-state index contributed by atoms with van der Waals surface area (Å²) >= 11 is 0. The first-order valence-electron chi connectivity index (χ1n) is 10.3. The molecule has 1 aromatic heterocycles. The highest BCUT2D eigenvalue weighted by Crippen LogP contribution is 2.28. The maximum atomic E-state index is 6.34. The van der Waals surface area contributed by atoms with Crippen LogP contribution in [-0.2, 0) is 5.41 Å². The topological polar surface area (TPSA) is 37.5 Å². The summed E-state index contributed by atoms with van der Waals surface area (Å²) < 4.78 is 6.34. The normalized spacial score (nSPS) is 12.4. The lowest BCUT2D eigenvalue weighted by Crippen LogP contribution is -2.11. The molecule has 0 aliphatic heterocycles. The average Bonchev–Trinajstić information content (AvgIpc) is 2.71. The maximum absolute atomic E-state index is 6.34. The van der Waals surface area contributed by atoms with E-state index >= 15 is 0 Å². The predicted molar refractivity (Wildman–Crippen MR) is 125 cm³/mol. The first-order valence-corrected chi connectivity index (χ1v) is 10.3. The largest absolute Gasteiger partial charge is 0.456 e. The van der Waals surface area contributed by atoms with Crippen LogP contribution in [0, 0.1) is 13.8 Å². The van der Waals surface area contributed by atoms with Crippen molar-refractivity contribution in [3.8, 4) is 11.3 Å². The predicted octanol–water partition coefficient (Wildman–Crippen LogP) is 6.94. The van der Waals surface area contributed by atoms with Crippen LogP contribution in [0.5, 0.6) is 0 Å². The third kappa shape index (κ3) is 4.16. The number of anilines is 1. The summed E-state index contributed by atoms with van der Waals surface area (Å²) in [6, 6.07) is 24.9. The van der Waals surface area contributed by atoms with Crippen LogP contribution in [-0.4, -0.2) is 0 Å². The molecule has 1 heterocycles. The van der Waals surface area contributed by atoms with E-state index in [9.17, 15) is 0 Å². The van der Waals surface area contributed by atoms with Crippen LogP contribution < -0.4 is 10.8 Å². The van der Waals surface area contributed by atoms with E-state index in [0.29, 0.717) is 0 Å². The summed E-state index contributed by atoms with van der Waals surface area (Å²) in [6.45, 7) is 10.9. The number of rotatable bonds is 3. The smallest absolute Gasteiger partial charge is 0.137 e. The zero-order chi connectivity index (χ0) is 21.3. The molecule has 0 bridgehead atoms. The zero-order valence-corrected chi connectivity index (χ0v) is 18.3. The highest BCUT2D eigenvalue weighted by Gasteiger charge is 2.14. The number of aryl methyl sites for hydroxylation is 2. The molecule has 0 unspecified atom stereocenters. The molecule has 0 amide bonds. The molecule has 0 saturated carbocycles. The second-order valence-electron chi connectivity index (χ2n) is 8.87. The van der Waals surface area contributed by atoms with E-state index in [1.807, 2.05) is 36.4 Å². The van der Waals surface area contributed by atoms with Gasteiger partial charge in [-0.1, -0.05) is 69.3 Å². The van der Waals surface area contributed by atoms with Gasteiger partial charge in [-0.25, -0.2) is 0 Å². The van der Waals surface area contributed by atoms with E-state index in [2.05, 4.69) is 76.4 Å². The molecular formula is C27H28N2O. The van der Waals surface area contributed by atoms with Gasteiger partial charge in [-0.3, -0.25) is 5.43 Å². The molecule has 4 aromatic rings. The van der Waals surface area contributed by atoms with Crippen molar-refractivity contribution in [3.63, 3.8) is 0 Å². The van der Waals surface area contributed by atoms with Crippen molar-refractivity contribution in [1.29, 1.82) is 0 Å². The van der Waals surface area contributed by atoms with Crippen LogP contribution in [0.1, 0.15) is 37.5 Å². The highest BCUT2D eigenvalue weighted by molar-refractivity contribution is 5.82. The Labute approximate surface area is 178 Å². The van der Waals surface area contributed by atoms with Gasteiger partial charge in [0.15, 0.2) is 0 Å². The molecule has 4 rings (SSSR count). The zero-order valence-electron chi connectivity index (χ0n) is 18.3. The number of hydrogen-bond donors (Lipinski definition) is 1. The maximum Gasteiger partial charge on any atom is 0.137 e. The fourth-order valence-electron chi connectivity index (χ4n) is 3.68. The summed E-state index contributed by atoms with van der Waals surface area (Å²) in [5.74, 6) is 0.807. The molecule has 0 atom stereocenters. The minimum atomic E-state index is 0.118. The van der Waals surface area contributed by atoms with Crippen molar-refractivity contribution in [2.24, 2.45) is 5.10 Å². The highest BCUT2D eigenvalue weighted by atomic mass is 16.3. The number of fused-ring (bicyclic) bond motifs is 1. The Hall–Kier alpha value is -3.33. The van der Waals surface area contributed by atoms with Crippen LogP contribution in [0.15, 0.2) is 82.3 Å². The Balaban J connectivity index is 1.87. The first kappa shape index (κ1) is 20.0. The van der Waals surface area contributed by atoms with E-state index in [1.54, 1.807) is 0 Å². The third-order valence-corrected chi connectivity index (χ3v) is 5.30. The number of hydrogen-bond acceptors (Lipinski definition) is 3. The lowest BCUT2D eigenvalue weighted by molar-refractivity contribution is 0.589. The van der Waals surface area contributed by atoms with Crippen molar-refractivity contribution in [3.05, 3.63) is 94.8 Å². The minimum Gasteiger partial charge on any atom is -0.456 e. The van der Waals surface area contributed by atoms with Crippen LogP contribution in [0.2, 0.25) is 0 Å². The monoisotopic (exact) mass is 396 g/mol. The summed E-state index contributed by atoms with van der Waals surface area (Å²) in [4.78, 5) is 0. The molecule has 0 radical (unpaired) electrons. The summed E-state index contributed by atoms with van der Waals surface area (Å²) in [5, 5.41) is 6.62. The Morgan fingerprint density at radius 2 is 1.53 bits per heavy atom. The molecule has 3 nitrogen and oxygen atoms in total. The van der Waals surface area contributed by atoms with Crippen LogP contribution in [0.3, 0.4) is 0 Å². The van der Waals surface area contributed by atoms with Gasteiger partial charge in [0.1, 0.15) is 11.3 Å². The fourth-order valence-corrected chi connectivity index (χ4v) is 3.68. The lowest BCUT2D eigenvalue weighted by atomic mass is 9.86. The molecule has 0 aliphatic rings. The van der Waals surface area contributed by atoms with Crippen LogP contribution >= 0.6 is 0 Å². The Kier molecular flexibility index (Phi) is 5.21. The summed E-state index contributed by atoms with van der Waals surface area (Å²) in [5.41, 5.74) is 9.77. The number of nitrogens with one attached hydrogen (secondary N) is 1. The van der Waals surface area contributed by atoms with Gasteiger partial charge in [-0.2, -0.15) is 5.10 Å². The quantitative estimate of drug-likeness (QED) is 0.381. The number of benzene rings is 3. The molecule has 0 spiro atoms. The first-order chi connectivity index (χ1) is 14.3. The third-order valence-electron chi connectivity index (χ3n) is 5.30. The van der Waals surface area contributed by atoms with E-state index in [4.69, 9.17) is 9.52 Å². The van der Waals surface area contributed by atoms with E-state index in [1.165, 1.54) is 11.1 Å². The molecule has 0 fully saturated rings. The van der Waals surface area contributed by atoms with E-state index in [-0.39, 0.29) is 5.41 Å². The van der Waals surface area contributed by atoms with Crippen LogP contribution in [0.25, 0.3) is 22.3 Å². The minimum absolute atomic E-state index is 0.118. The van der Waals surface area contributed by atoms with Crippen molar-refractivity contribution >= 4 is 16.7 Å². The molecule has 3 heteroatoms. The van der Waals surface area contributed by atoms with Gasteiger partial charge in [-0.15, -0.1) is 0 Å². The second-order valence-corrected chi connectivity index (χ2v) is 8.87. The van der Waals surface area contributed by atoms with E-state index < -0.39 is 0 Å². The van der Waals surface area contributed by atoms with Crippen molar-refractivity contribution in [2.75, 3.05) is 5.43 Å². The SMILES string of the molecule is Cc1cc(C)c2/c(=N/Nc3ccccc3)cc(-c3ccc(C(C)(C)C)cc3)oc2c1. The lowest BCUT2D eigenvalue weighted by Gasteiger charge is -2.19. The Morgan fingerprint density at radius 3 is 2.20 bits per heavy atom. The molecule has 1 N–H and O–H groups in total. The Morgan fingerprint density at radius 1 is 0.833 bits per heavy atom. The standard InChI is InChI=1S/C27H28N2O/c1-18-15-19(2)26-23(29-28-22-9-7-6-8-10-22)17-24(30-25(26)16-18)20-11-13-21(14-12-20)27(3,4)5/h6-17,28H,1-5H3/b29-23+. The molecule has 0 aliphatic carbocycles. The van der Waals surface area contributed by atoms with Gasteiger partial charge in [-0.05, 0) is 54.2 Å². The average molecular weight is 397 g/mol. The van der Waals surface area contributed by atoms with Crippen LogP contribution in [0.4, 0.5) is 5.69 Å². The molecule has 30 heavy (non-hydrogen) atoms. The fraction of sp³-hybridized carbons (Fsp3) is 0.222.